The largest absolute Gasteiger partial charge is 0.497 e. The number of carboxylic acid groups (broad SMARTS) is 1. The number of hydrogen-bond donors (Lipinski definition) is 2. The second-order valence-corrected chi connectivity index (χ2v) is 4.29. The van der Waals surface area contributed by atoms with E-state index in [0.717, 1.165) is 0 Å². The Morgan fingerprint density at radius 1 is 1.38 bits per heavy atom. The van der Waals surface area contributed by atoms with Crippen molar-refractivity contribution in [2.24, 2.45) is 0 Å². The molecule has 21 heavy (non-hydrogen) atoms. The Labute approximate surface area is 118 Å². The van der Waals surface area contributed by atoms with Gasteiger partial charge in [0.1, 0.15) is 17.4 Å². The van der Waals surface area contributed by atoms with Crippen LogP contribution in [-0.4, -0.2) is 33.1 Å². The highest BCUT2D eigenvalue weighted by Gasteiger charge is 2.16. The number of aromatic amines is 1. The van der Waals surface area contributed by atoms with E-state index >= 15 is 0 Å². The topological polar surface area (TPSA) is 88.1 Å². The van der Waals surface area contributed by atoms with Gasteiger partial charge in [0.25, 0.3) is 0 Å². The number of benzene rings is 1. The van der Waals surface area contributed by atoms with Crippen molar-refractivity contribution in [3.05, 3.63) is 41.8 Å². The second kappa shape index (κ2) is 4.86. The standard InChI is InChI=1S/C14H10FN3O3/c1-21-7-2-3-8(10(15)6-7)12-17-11-9(14(19)20)4-5-16-13(11)18-12/h2-6H,1H3,(H,19,20)(H,16,17,18). The summed E-state index contributed by atoms with van der Waals surface area (Å²) in [6.07, 6.45) is 1.35. The molecule has 2 heterocycles. The number of ether oxygens (including phenoxy) is 1. The third-order valence-corrected chi connectivity index (χ3v) is 3.05. The third-order valence-electron chi connectivity index (χ3n) is 3.05. The number of carbonyl (C=O) groups is 1. The average molecular weight is 287 g/mol. The molecule has 0 fully saturated rings. The maximum Gasteiger partial charge on any atom is 0.338 e. The van der Waals surface area contributed by atoms with E-state index in [1.54, 1.807) is 6.07 Å². The zero-order valence-electron chi connectivity index (χ0n) is 10.9. The molecule has 0 radical (unpaired) electrons. The first-order valence-corrected chi connectivity index (χ1v) is 6.02. The number of imidazole rings is 1. The first-order valence-electron chi connectivity index (χ1n) is 6.02. The lowest BCUT2D eigenvalue weighted by Gasteiger charge is -2.02. The molecule has 7 heteroatoms. The van der Waals surface area contributed by atoms with E-state index in [1.165, 1.54) is 31.5 Å². The number of nitrogens with one attached hydrogen (secondary N) is 1. The molecule has 2 N–H and O–H groups in total. The first kappa shape index (κ1) is 13.0. The van der Waals surface area contributed by atoms with Crippen LogP contribution in [0.3, 0.4) is 0 Å². The predicted octanol–water partition coefficient (Wildman–Crippen LogP) is 2.47. The van der Waals surface area contributed by atoms with Gasteiger partial charge >= 0.3 is 5.97 Å². The van der Waals surface area contributed by atoms with Gasteiger partial charge in [-0.1, -0.05) is 0 Å². The van der Waals surface area contributed by atoms with Crippen molar-refractivity contribution < 1.29 is 19.0 Å². The Morgan fingerprint density at radius 2 is 2.19 bits per heavy atom. The minimum atomic E-state index is -1.10. The Balaban J connectivity index is 2.18. The fourth-order valence-corrected chi connectivity index (χ4v) is 2.03. The summed E-state index contributed by atoms with van der Waals surface area (Å²) in [6, 6.07) is 5.69. The number of aromatic carboxylic acids is 1. The molecule has 0 spiro atoms. The van der Waals surface area contributed by atoms with Crippen molar-refractivity contribution in [2.75, 3.05) is 7.11 Å². The van der Waals surface area contributed by atoms with Gasteiger partial charge in [-0.15, -0.1) is 0 Å². The number of nitrogens with zero attached hydrogens (tertiary/aromatic N) is 2. The van der Waals surface area contributed by atoms with Gasteiger partial charge in [0, 0.05) is 12.3 Å². The molecule has 1 aromatic carbocycles. The molecule has 0 unspecified atom stereocenters. The number of methoxy groups -OCH3 is 1. The number of rotatable bonds is 3. The summed E-state index contributed by atoms with van der Waals surface area (Å²) < 4.78 is 19.0. The van der Waals surface area contributed by atoms with Crippen LogP contribution in [0, 0.1) is 5.82 Å². The van der Waals surface area contributed by atoms with E-state index in [4.69, 9.17) is 9.84 Å². The summed E-state index contributed by atoms with van der Waals surface area (Å²) in [7, 11) is 1.44. The van der Waals surface area contributed by atoms with Gasteiger partial charge < -0.3 is 14.8 Å². The van der Waals surface area contributed by atoms with Gasteiger partial charge in [-0.3, -0.25) is 0 Å². The fraction of sp³-hybridized carbons (Fsp3) is 0.0714. The van der Waals surface area contributed by atoms with E-state index in [2.05, 4.69) is 15.0 Å². The molecule has 6 nitrogen and oxygen atoms in total. The summed E-state index contributed by atoms with van der Waals surface area (Å²) in [4.78, 5) is 22.1. The summed E-state index contributed by atoms with van der Waals surface area (Å²) in [5.41, 5.74) is 0.730. The van der Waals surface area contributed by atoms with Crippen molar-refractivity contribution in [1.82, 2.24) is 15.0 Å². The van der Waals surface area contributed by atoms with E-state index in [0.29, 0.717) is 5.75 Å². The van der Waals surface area contributed by atoms with E-state index in [9.17, 15) is 9.18 Å². The monoisotopic (exact) mass is 287 g/mol. The summed E-state index contributed by atoms with van der Waals surface area (Å²) >= 11 is 0. The Kier molecular flexibility index (Phi) is 3.02. The van der Waals surface area contributed by atoms with Crippen LogP contribution in [0.5, 0.6) is 5.75 Å². The number of halogens is 1. The van der Waals surface area contributed by atoms with Crippen LogP contribution in [0.15, 0.2) is 30.5 Å². The average Bonchev–Trinajstić information content (AvgIpc) is 2.90. The van der Waals surface area contributed by atoms with Crippen LogP contribution in [-0.2, 0) is 0 Å². The number of pyridine rings is 1. The van der Waals surface area contributed by atoms with E-state index in [1.807, 2.05) is 0 Å². The van der Waals surface area contributed by atoms with E-state index < -0.39 is 11.8 Å². The Bertz CT molecular complexity index is 845. The lowest BCUT2D eigenvalue weighted by Crippen LogP contribution is -1.97. The normalized spacial score (nSPS) is 10.8. The van der Waals surface area contributed by atoms with Gasteiger partial charge in [-0.05, 0) is 18.2 Å². The van der Waals surface area contributed by atoms with Gasteiger partial charge in [-0.2, -0.15) is 0 Å². The summed E-state index contributed by atoms with van der Waals surface area (Å²) in [6.45, 7) is 0. The molecule has 0 atom stereocenters. The molecule has 0 amide bonds. The van der Waals surface area contributed by atoms with Gasteiger partial charge in [0.2, 0.25) is 0 Å². The fourth-order valence-electron chi connectivity index (χ4n) is 2.03. The van der Waals surface area contributed by atoms with Crippen molar-refractivity contribution in [3.8, 4) is 17.1 Å². The molecule has 0 saturated carbocycles. The minimum Gasteiger partial charge on any atom is -0.497 e. The Hall–Kier alpha value is -2.96. The first-order chi connectivity index (χ1) is 10.1. The van der Waals surface area contributed by atoms with Crippen molar-refractivity contribution >= 4 is 17.1 Å². The van der Waals surface area contributed by atoms with Crippen molar-refractivity contribution in [1.29, 1.82) is 0 Å². The molecule has 0 bridgehead atoms. The highest BCUT2D eigenvalue weighted by atomic mass is 19.1. The zero-order valence-corrected chi connectivity index (χ0v) is 10.9. The lowest BCUT2D eigenvalue weighted by atomic mass is 10.2. The SMILES string of the molecule is COc1ccc(-c2nc3nccc(C(=O)O)c3[nH]2)c(F)c1. The number of H-pyrrole nitrogens is 1. The van der Waals surface area contributed by atoms with Gasteiger partial charge in [0.15, 0.2) is 5.65 Å². The molecule has 0 aliphatic heterocycles. The number of hydrogen-bond acceptors (Lipinski definition) is 4. The number of fused-ring (bicyclic) bond motifs is 1. The summed E-state index contributed by atoms with van der Waals surface area (Å²) in [5.74, 6) is -1.03. The maximum atomic E-state index is 14.0. The van der Waals surface area contributed by atoms with E-state index in [-0.39, 0.29) is 28.1 Å². The Morgan fingerprint density at radius 3 is 2.86 bits per heavy atom. The van der Waals surface area contributed by atoms with Crippen LogP contribution in [0.4, 0.5) is 4.39 Å². The van der Waals surface area contributed by atoms with Gasteiger partial charge in [-0.25, -0.2) is 19.2 Å². The number of aromatic nitrogens is 3. The molecule has 106 valence electrons. The van der Waals surface area contributed by atoms with Crippen molar-refractivity contribution in [3.63, 3.8) is 0 Å². The smallest absolute Gasteiger partial charge is 0.338 e. The zero-order chi connectivity index (χ0) is 15.0. The molecule has 3 aromatic rings. The van der Waals surface area contributed by atoms with Crippen LogP contribution in [0.25, 0.3) is 22.6 Å². The van der Waals surface area contributed by atoms with Crippen LogP contribution in [0.2, 0.25) is 0 Å². The van der Waals surface area contributed by atoms with Crippen LogP contribution in [0.1, 0.15) is 10.4 Å². The lowest BCUT2D eigenvalue weighted by molar-refractivity contribution is 0.0698. The van der Waals surface area contributed by atoms with Gasteiger partial charge in [0.05, 0.1) is 23.8 Å². The second-order valence-electron chi connectivity index (χ2n) is 4.29. The molecule has 0 saturated heterocycles. The summed E-state index contributed by atoms with van der Waals surface area (Å²) in [5, 5.41) is 9.12. The highest BCUT2D eigenvalue weighted by Crippen LogP contribution is 2.26. The molecule has 0 aliphatic carbocycles. The maximum absolute atomic E-state index is 14.0. The highest BCUT2D eigenvalue weighted by molar-refractivity contribution is 6.00. The van der Waals surface area contributed by atoms with Crippen LogP contribution >= 0.6 is 0 Å². The molecule has 0 aliphatic rings. The van der Waals surface area contributed by atoms with Crippen LogP contribution < -0.4 is 4.74 Å². The minimum absolute atomic E-state index is 0.0349. The number of carboxylic acids is 1. The molecular formula is C14H10FN3O3. The molecule has 2 aromatic heterocycles. The third kappa shape index (κ3) is 2.18. The predicted molar refractivity (Wildman–Crippen MR) is 72.8 cm³/mol. The quantitative estimate of drug-likeness (QED) is 0.772. The molecular weight excluding hydrogens is 277 g/mol. The van der Waals surface area contributed by atoms with Crippen molar-refractivity contribution in [2.45, 2.75) is 0 Å². The molecule has 3 rings (SSSR count).